The fourth-order valence-electron chi connectivity index (χ4n) is 3.13. The van der Waals surface area contributed by atoms with Crippen LogP contribution in [0, 0.1) is 0 Å². The highest BCUT2D eigenvalue weighted by molar-refractivity contribution is 6.42. The SMILES string of the molecule is COc1ncc(Cl)cc1-c1cc(CNC(=O)OC(C)(C)C)cc(C(=O)NCc2ccc(Cl)c(Cl)c2)n1. The van der Waals surface area contributed by atoms with Gasteiger partial charge in [0.1, 0.15) is 11.3 Å². The fourth-order valence-corrected chi connectivity index (χ4v) is 3.61. The summed E-state index contributed by atoms with van der Waals surface area (Å²) in [6, 6.07) is 10.0. The van der Waals surface area contributed by atoms with Gasteiger partial charge in [-0.15, -0.1) is 0 Å². The molecular formula is C25H25Cl3N4O4. The Kier molecular flexibility index (Phi) is 9.00. The van der Waals surface area contributed by atoms with E-state index in [1.54, 1.807) is 57.2 Å². The Morgan fingerprint density at radius 3 is 2.33 bits per heavy atom. The zero-order valence-corrected chi connectivity index (χ0v) is 22.4. The van der Waals surface area contributed by atoms with E-state index in [1.807, 2.05) is 0 Å². The Labute approximate surface area is 224 Å². The minimum atomic E-state index is -0.650. The van der Waals surface area contributed by atoms with Crippen LogP contribution in [0.15, 0.2) is 42.6 Å². The highest BCUT2D eigenvalue weighted by Crippen LogP contribution is 2.30. The third-order valence-corrected chi connectivity index (χ3v) is 5.62. The van der Waals surface area contributed by atoms with Crippen LogP contribution < -0.4 is 15.4 Å². The number of nitrogens with zero attached hydrogens (tertiary/aromatic N) is 2. The van der Waals surface area contributed by atoms with Crippen LogP contribution in [0.3, 0.4) is 0 Å². The summed E-state index contributed by atoms with van der Waals surface area (Å²) in [5.41, 5.74) is 1.72. The molecule has 0 unspecified atom stereocenters. The Morgan fingerprint density at radius 2 is 1.67 bits per heavy atom. The van der Waals surface area contributed by atoms with Crippen molar-refractivity contribution in [1.82, 2.24) is 20.6 Å². The van der Waals surface area contributed by atoms with E-state index >= 15 is 0 Å². The molecule has 0 radical (unpaired) electrons. The first-order chi connectivity index (χ1) is 16.9. The number of hydrogen-bond acceptors (Lipinski definition) is 6. The average molecular weight is 552 g/mol. The monoisotopic (exact) mass is 550 g/mol. The van der Waals surface area contributed by atoms with Crippen molar-refractivity contribution in [1.29, 1.82) is 0 Å². The molecule has 0 spiro atoms. The van der Waals surface area contributed by atoms with Gasteiger partial charge >= 0.3 is 6.09 Å². The summed E-state index contributed by atoms with van der Waals surface area (Å²) >= 11 is 18.2. The van der Waals surface area contributed by atoms with Crippen LogP contribution in [0.5, 0.6) is 5.88 Å². The fraction of sp³-hybridized carbons (Fsp3) is 0.280. The van der Waals surface area contributed by atoms with Crippen molar-refractivity contribution in [2.45, 2.75) is 39.5 Å². The summed E-state index contributed by atoms with van der Waals surface area (Å²) in [6.07, 6.45) is 0.858. The van der Waals surface area contributed by atoms with Crippen LogP contribution in [0.1, 0.15) is 42.4 Å². The number of rotatable bonds is 7. The molecule has 0 aliphatic rings. The molecule has 0 fully saturated rings. The normalized spacial score (nSPS) is 11.1. The zero-order chi connectivity index (χ0) is 26.5. The quantitative estimate of drug-likeness (QED) is 0.370. The van der Waals surface area contributed by atoms with Gasteiger partial charge in [-0.3, -0.25) is 4.79 Å². The maximum Gasteiger partial charge on any atom is 0.407 e. The molecule has 0 bridgehead atoms. The van der Waals surface area contributed by atoms with Gasteiger partial charge in [-0.2, -0.15) is 0 Å². The first-order valence-corrected chi connectivity index (χ1v) is 12.0. The van der Waals surface area contributed by atoms with Crippen molar-refractivity contribution in [2.24, 2.45) is 0 Å². The van der Waals surface area contributed by atoms with E-state index < -0.39 is 17.6 Å². The van der Waals surface area contributed by atoms with Crippen LogP contribution in [0.2, 0.25) is 15.1 Å². The number of pyridine rings is 2. The molecule has 2 heterocycles. The molecule has 2 N–H and O–H groups in total. The van der Waals surface area contributed by atoms with E-state index in [1.165, 1.54) is 13.3 Å². The number of nitrogens with one attached hydrogen (secondary N) is 2. The van der Waals surface area contributed by atoms with Crippen molar-refractivity contribution < 1.29 is 19.1 Å². The molecule has 2 aromatic heterocycles. The summed E-state index contributed by atoms with van der Waals surface area (Å²) in [7, 11) is 1.47. The van der Waals surface area contributed by atoms with E-state index in [2.05, 4.69) is 20.6 Å². The molecule has 0 atom stereocenters. The molecule has 1 aromatic carbocycles. The molecule has 190 valence electrons. The van der Waals surface area contributed by atoms with Gasteiger partial charge in [0.15, 0.2) is 0 Å². The van der Waals surface area contributed by atoms with E-state index in [9.17, 15) is 9.59 Å². The summed E-state index contributed by atoms with van der Waals surface area (Å²) in [4.78, 5) is 33.9. The second-order valence-corrected chi connectivity index (χ2v) is 9.99. The highest BCUT2D eigenvalue weighted by atomic mass is 35.5. The van der Waals surface area contributed by atoms with E-state index in [0.29, 0.717) is 31.9 Å². The summed E-state index contributed by atoms with van der Waals surface area (Å²) in [5, 5.41) is 6.69. The lowest BCUT2D eigenvalue weighted by Crippen LogP contribution is -2.32. The lowest BCUT2D eigenvalue weighted by atomic mass is 10.1. The number of methoxy groups -OCH3 is 1. The molecule has 3 rings (SSSR count). The van der Waals surface area contributed by atoms with Crippen molar-refractivity contribution >= 4 is 46.8 Å². The maximum atomic E-state index is 13.0. The zero-order valence-electron chi connectivity index (χ0n) is 20.1. The molecule has 36 heavy (non-hydrogen) atoms. The van der Waals surface area contributed by atoms with E-state index in [-0.39, 0.29) is 24.7 Å². The third-order valence-electron chi connectivity index (χ3n) is 4.68. The average Bonchev–Trinajstić information content (AvgIpc) is 2.82. The van der Waals surface area contributed by atoms with Crippen molar-refractivity contribution in [3.05, 3.63) is 74.5 Å². The van der Waals surface area contributed by atoms with Gasteiger partial charge in [-0.25, -0.2) is 14.8 Å². The predicted molar refractivity (Wildman–Crippen MR) is 140 cm³/mol. The first kappa shape index (κ1) is 27.5. The predicted octanol–water partition coefficient (Wildman–Crippen LogP) is 6.07. The van der Waals surface area contributed by atoms with Gasteiger partial charge in [-0.1, -0.05) is 40.9 Å². The van der Waals surface area contributed by atoms with Gasteiger partial charge in [-0.05, 0) is 62.2 Å². The third kappa shape index (κ3) is 7.71. The minimum Gasteiger partial charge on any atom is -0.481 e. The molecule has 0 aliphatic heterocycles. The van der Waals surface area contributed by atoms with Crippen LogP contribution in [-0.4, -0.2) is 34.7 Å². The molecule has 0 saturated carbocycles. The molecule has 3 aromatic rings. The van der Waals surface area contributed by atoms with Gasteiger partial charge < -0.3 is 20.1 Å². The Morgan fingerprint density at radius 1 is 0.944 bits per heavy atom. The largest absolute Gasteiger partial charge is 0.481 e. The number of carbonyl (C=O) groups is 2. The maximum absolute atomic E-state index is 13.0. The van der Waals surface area contributed by atoms with Gasteiger partial charge in [0, 0.05) is 19.3 Å². The van der Waals surface area contributed by atoms with E-state index in [0.717, 1.165) is 5.56 Å². The highest BCUT2D eigenvalue weighted by Gasteiger charge is 2.18. The first-order valence-electron chi connectivity index (χ1n) is 10.8. The van der Waals surface area contributed by atoms with Crippen molar-refractivity contribution in [3.8, 4) is 17.1 Å². The smallest absolute Gasteiger partial charge is 0.407 e. The van der Waals surface area contributed by atoms with Gasteiger partial charge in [0.2, 0.25) is 5.88 Å². The molecule has 2 amide bonds. The standard InChI is InChI=1S/C25H25Cl3N4O4/c1-25(2,3)36-24(34)31-12-15-8-20(17-10-16(26)13-30-23(17)35-4)32-21(9-15)22(33)29-11-14-5-6-18(27)19(28)7-14/h5-10,13H,11-12H2,1-4H3,(H,29,33)(H,31,34). The lowest BCUT2D eigenvalue weighted by molar-refractivity contribution is 0.0523. The molecular weight excluding hydrogens is 527 g/mol. The molecule has 0 aliphatic carbocycles. The van der Waals surface area contributed by atoms with Crippen LogP contribution in [-0.2, 0) is 17.8 Å². The Balaban J connectivity index is 1.90. The topological polar surface area (TPSA) is 102 Å². The van der Waals surface area contributed by atoms with E-state index in [4.69, 9.17) is 44.3 Å². The number of carbonyl (C=O) groups excluding carboxylic acids is 2. The number of alkyl carbamates (subject to hydrolysis) is 1. The summed E-state index contributed by atoms with van der Waals surface area (Å²) in [6.45, 7) is 5.60. The summed E-state index contributed by atoms with van der Waals surface area (Å²) in [5.74, 6) is -0.151. The molecule has 8 nitrogen and oxygen atoms in total. The second kappa shape index (κ2) is 11.8. The number of aromatic nitrogens is 2. The number of benzene rings is 1. The van der Waals surface area contributed by atoms with Gasteiger partial charge in [0.05, 0.1) is 33.4 Å². The van der Waals surface area contributed by atoms with Crippen molar-refractivity contribution in [2.75, 3.05) is 7.11 Å². The van der Waals surface area contributed by atoms with Crippen molar-refractivity contribution in [3.63, 3.8) is 0 Å². The Hall–Kier alpha value is -3.07. The van der Waals surface area contributed by atoms with Crippen LogP contribution >= 0.6 is 34.8 Å². The number of halogens is 3. The lowest BCUT2D eigenvalue weighted by Gasteiger charge is -2.20. The number of hydrogen-bond donors (Lipinski definition) is 2. The molecule has 11 heteroatoms. The van der Waals surface area contributed by atoms with Crippen LogP contribution in [0.25, 0.3) is 11.3 Å². The Bertz CT molecular complexity index is 1280. The van der Waals surface area contributed by atoms with Crippen LogP contribution in [0.4, 0.5) is 4.79 Å². The number of ether oxygens (including phenoxy) is 2. The summed E-state index contributed by atoms with van der Waals surface area (Å²) < 4.78 is 10.6. The second-order valence-electron chi connectivity index (χ2n) is 8.74. The molecule has 0 saturated heterocycles. The number of amides is 2. The minimum absolute atomic E-state index is 0.0911. The van der Waals surface area contributed by atoms with Gasteiger partial charge in [0.25, 0.3) is 5.91 Å².